The van der Waals surface area contributed by atoms with E-state index in [1.807, 2.05) is 0 Å². The Morgan fingerprint density at radius 3 is 2.09 bits per heavy atom. The van der Waals surface area contributed by atoms with Gasteiger partial charge in [-0.3, -0.25) is 0 Å². The van der Waals surface area contributed by atoms with Crippen molar-refractivity contribution in [2.24, 2.45) is 0 Å². The lowest BCUT2D eigenvalue weighted by molar-refractivity contribution is -0.134. The Morgan fingerprint density at radius 1 is 1.36 bits per heavy atom. The number of hydrogen-bond acceptors (Lipinski definition) is 2. The molecule has 1 heterocycles. The van der Waals surface area contributed by atoms with E-state index < -0.39 is 11.1 Å². The van der Waals surface area contributed by atoms with Crippen LogP contribution in [0.3, 0.4) is 0 Å². The lowest BCUT2D eigenvalue weighted by Crippen LogP contribution is -2.00. The molecule has 1 rings (SSSR count). The molecule has 0 saturated heterocycles. The summed E-state index contributed by atoms with van der Waals surface area (Å²) < 4.78 is 35.3. The Balaban J connectivity index is 0.000001000. The Morgan fingerprint density at radius 2 is 1.91 bits per heavy atom. The molecular weight excluding hydrogens is 199 g/mol. The normalized spacial score (nSPS) is 10.8. The van der Waals surface area contributed by atoms with Crippen LogP contribution in [0.4, 0.5) is 18.9 Å². The molecule has 0 amide bonds. The average molecular weight is 204 g/mol. The van der Waals surface area contributed by atoms with Crippen molar-refractivity contribution < 1.29 is 13.2 Å². The highest BCUT2D eigenvalue weighted by molar-refractivity contribution is 7.10. The van der Waals surface area contributed by atoms with Gasteiger partial charge in [-0.25, -0.2) is 0 Å². The molecule has 0 radical (unpaired) electrons. The van der Waals surface area contributed by atoms with Crippen molar-refractivity contribution in [2.75, 3.05) is 5.73 Å². The molecule has 1 aromatic heterocycles. The Labute approximate surface area is 71.4 Å². The van der Waals surface area contributed by atoms with Gasteiger partial charge in [0.05, 0.1) is 0 Å². The zero-order chi connectivity index (χ0) is 7.78. The van der Waals surface area contributed by atoms with Crippen LogP contribution in [-0.4, -0.2) is 0 Å². The van der Waals surface area contributed by atoms with E-state index in [1.165, 1.54) is 5.38 Å². The maximum atomic E-state index is 11.8. The fraction of sp³-hybridized carbons (Fsp3) is 0.200. The first-order chi connectivity index (χ1) is 4.50. The first-order valence-electron chi connectivity index (χ1n) is 2.41. The standard InChI is InChI=1S/C5H4F3NS.ClH/c6-5(7,8)4-1-3(9)2-10-4;/h1-2H,9H2;1H. The van der Waals surface area contributed by atoms with Crippen LogP contribution in [0.1, 0.15) is 4.88 Å². The van der Waals surface area contributed by atoms with E-state index in [1.54, 1.807) is 0 Å². The van der Waals surface area contributed by atoms with Crippen LogP contribution in [0.2, 0.25) is 0 Å². The molecule has 11 heavy (non-hydrogen) atoms. The molecule has 0 bridgehead atoms. The molecule has 0 aromatic carbocycles. The molecule has 0 saturated carbocycles. The summed E-state index contributed by atoms with van der Waals surface area (Å²) in [5.41, 5.74) is 5.25. The van der Waals surface area contributed by atoms with Gasteiger partial charge in [-0.1, -0.05) is 0 Å². The van der Waals surface area contributed by atoms with E-state index in [0.717, 1.165) is 6.07 Å². The van der Waals surface area contributed by atoms with E-state index in [9.17, 15) is 13.2 Å². The van der Waals surface area contributed by atoms with Crippen molar-refractivity contribution in [3.63, 3.8) is 0 Å². The topological polar surface area (TPSA) is 26.0 Å². The number of alkyl halides is 3. The molecule has 1 nitrogen and oxygen atoms in total. The molecule has 6 heteroatoms. The third-order valence-corrected chi connectivity index (χ3v) is 1.89. The summed E-state index contributed by atoms with van der Waals surface area (Å²) in [4.78, 5) is -0.648. The van der Waals surface area contributed by atoms with Crippen molar-refractivity contribution in [3.05, 3.63) is 16.3 Å². The largest absolute Gasteiger partial charge is 0.425 e. The van der Waals surface area contributed by atoms with E-state index in [0.29, 0.717) is 11.3 Å². The van der Waals surface area contributed by atoms with Gasteiger partial charge in [0.1, 0.15) is 4.88 Å². The van der Waals surface area contributed by atoms with Gasteiger partial charge in [-0.05, 0) is 6.07 Å². The monoisotopic (exact) mass is 203 g/mol. The Kier molecular flexibility index (Phi) is 3.19. The second-order valence-corrected chi connectivity index (χ2v) is 2.65. The molecule has 0 aliphatic carbocycles. The second kappa shape index (κ2) is 3.32. The van der Waals surface area contributed by atoms with Crippen LogP contribution in [0, 0.1) is 0 Å². The highest BCUT2D eigenvalue weighted by Gasteiger charge is 2.31. The first-order valence-corrected chi connectivity index (χ1v) is 3.29. The third kappa shape index (κ3) is 2.59. The van der Waals surface area contributed by atoms with Crippen LogP contribution in [0.5, 0.6) is 0 Å². The lowest BCUT2D eigenvalue weighted by atomic mass is 10.4. The molecule has 0 aliphatic heterocycles. The summed E-state index contributed by atoms with van der Waals surface area (Å²) in [6.45, 7) is 0. The number of anilines is 1. The molecule has 0 fully saturated rings. The van der Waals surface area contributed by atoms with Crippen LogP contribution in [0.15, 0.2) is 11.4 Å². The number of hydrogen-bond donors (Lipinski definition) is 1. The third-order valence-electron chi connectivity index (χ3n) is 0.899. The molecule has 0 aliphatic rings. The lowest BCUT2D eigenvalue weighted by Gasteiger charge is -1.99. The Hall–Kier alpha value is -0.420. The molecule has 64 valence electrons. The summed E-state index contributed by atoms with van der Waals surface area (Å²) >= 11 is 0.606. The number of rotatable bonds is 0. The summed E-state index contributed by atoms with van der Waals surface area (Å²) in [6, 6.07) is 0.921. The zero-order valence-corrected chi connectivity index (χ0v) is 6.82. The van der Waals surface area contributed by atoms with E-state index in [-0.39, 0.29) is 18.1 Å². The van der Waals surface area contributed by atoms with Crippen molar-refractivity contribution >= 4 is 29.4 Å². The van der Waals surface area contributed by atoms with Crippen molar-refractivity contribution in [3.8, 4) is 0 Å². The molecule has 0 spiro atoms. The van der Waals surface area contributed by atoms with Gasteiger partial charge in [0.25, 0.3) is 0 Å². The maximum Gasteiger partial charge on any atom is 0.425 e. The summed E-state index contributed by atoms with van der Waals surface area (Å²) in [5.74, 6) is 0. The molecule has 1 aromatic rings. The Bertz CT molecular complexity index is 232. The van der Waals surface area contributed by atoms with Crippen LogP contribution < -0.4 is 5.73 Å². The van der Waals surface area contributed by atoms with E-state index >= 15 is 0 Å². The molecule has 0 atom stereocenters. The van der Waals surface area contributed by atoms with Gasteiger partial charge >= 0.3 is 6.18 Å². The molecule has 0 unspecified atom stereocenters. The summed E-state index contributed by atoms with van der Waals surface area (Å²) in [6.07, 6.45) is -4.25. The smallest absolute Gasteiger partial charge is 0.398 e. The van der Waals surface area contributed by atoms with E-state index in [4.69, 9.17) is 5.73 Å². The van der Waals surface area contributed by atoms with Gasteiger partial charge < -0.3 is 5.73 Å². The van der Waals surface area contributed by atoms with Gasteiger partial charge in [-0.15, -0.1) is 23.7 Å². The number of nitrogen functional groups attached to an aromatic ring is 1. The molecular formula is C5H5ClF3NS. The van der Waals surface area contributed by atoms with Crippen LogP contribution >= 0.6 is 23.7 Å². The number of halogens is 4. The summed E-state index contributed by atoms with van der Waals surface area (Å²) in [5, 5.41) is 1.27. The first kappa shape index (κ1) is 10.6. The maximum absolute atomic E-state index is 11.8. The van der Waals surface area contributed by atoms with E-state index in [2.05, 4.69) is 0 Å². The highest BCUT2D eigenvalue weighted by Crippen LogP contribution is 2.34. The highest BCUT2D eigenvalue weighted by atomic mass is 35.5. The van der Waals surface area contributed by atoms with Gasteiger partial charge in [0.2, 0.25) is 0 Å². The minimum absolute atomic E-state index is 0. The average Bonchev–Trinajstić information content (AvgIpc) is 2.11. The quantitative estimate of drug-likeness (QED) is 0.690. The predicted octanol–water partition coefficient (Wildman–Crippen LogP) is 2.77. The van der Waals surface area contributed by atoms with Crippen LogP contribution in [-0.2, 0) is 6.18 Å². The molecule has 2 N–H and O–H groups in total. The fourth-order valence-corrected chi connectivity index (χ4v) is 1.17. The van der Waals surface area contributed by atoms with Crippen LogP contribution in [0.25, 0.3) is 0 Å². The number of nitrogens with two attached hydrogens (primary N) is 1. The number of thiophene rings is 1. The second-order valence-electron chi connectivity index (χ2n) is 1.74. The van der Waals surface area contributed by atoms with Gasteiger partial charge in [-0.2, -0.15) is 13.2 Å². The van der Waals surface area contributed by atoms with Crippen molar-refractivity contribution in [1.29, 1.82) is 0 Å². The van der Waals surface area contributed by atoms with Crippen molar-refractivity contribution in [2.45, 2.75) is 6.18 Å². The zero-order valence-electron chi connectivity index (χ0n) is 5.18. The predicted molar refractivity (Wildman–Crippen MR) is 41.0 cm³/mol. The minimum atomic E-state index is -4.25. The van der Waals surface area contributed by atoms with Crippen molar-refractivity contribution in [1.82, 2.24) is 0 Å². The minimum Gasteiger partial charge on any atom is -0.398 e. The SMILES string of the molecule is Cl.Nc1csc(C(F)(F)F)c1. The van der Waals surface area contributed by atoms with Gasteiger partial charge in [0.15, 0.2) is 0 Å². The van der Waals surface area contributed by atoms with Gasteiger partial charge in [0, 0.05) is 11.1 Å². The fourth-order valence-electron chi connectivity index (χ4n) is 0.500. The summed E-state index contributed by atoms with van der Waals surface area (Å²) in [7, 11) is 0.